The Hall–Kier alpha value is -2.08. The molecule has 3 aliphatic rings. The summed E-state index contributed by atoms with van der Waals surface area (Å²) in [6.07, 6.45) is 3.34. The number of rotatable bonds is 4. The molecule has 0 fully saturated rings. The zero-order valence-corrected chi connectivity index (χ0v) is 14.8. The van der Waals surface area contributed by atoms with E-state index in [2.05, 4.69) is 6.92 Å². The Balaban J connectivity index is 2.02. The monoisotopic (exact) mass is 348 g/mol. The van der Waals surface area contributed by atoms with Crippen molar-refractivity contribution in [2.75, 3.05) is 0 Å². The van der Waals surface area contributed by atoms with Crippen molar-refractivity contribution in [3.8, 4) is 0 Å². The molecule has 0 aromatic carbocycles. The number of carbonyl (C=O) groups excluding carboxylic acids is 2. The van der Waals surface area contributed by atoms with Gasteiger partial charge in [-0.25, -0.2) is 4.79 Å². The molecule has 0 bridgehead atoms. The van der Waals surface area contributed by atoms with Gasteiger partial charge < -0.3 is 19.7 Å². The average molecular weight is 348 g/mol. The zero-order valence-electron chi connectivity index (χ0n) is 14.8. The number of ketones is 1. The number of Topliss-reactive ketones (excluding diaryl/α,β-unsaturated/α-hetero) is 1. The van der Waals surface area contributed by atoms with Gasteiger partial charge in [0.05, 0.1) is 6.10 Å². The summed E-state index contributed by atoms with van der Waals surface area (Å²) in [7, 11) is 0. The second-order valence-corrected chi connectivity index (χ2v) is 7.30. The minimum Gasteiger partial charge on any atom is -0.504 e. The molecular weight excluding hydrogens is 324 g/mol. The summed E-state index contributed by atoms with van der Waals surface area (Å²) in [6.45, 7) is 5.43. The molecule has 2 N–H and O–H groups in total. The fraction of sp³-hybridized carbons (Fsp3) is 0.579. The summed E-state index contributed by atoms with van der Waals surface area (Å²) in [4.78, 5) is 24.6. The van der Waals surface area contributed by atoms with E-state index in [0.717, 1.165) is 19.3 Å². The third-order valence-corrected chi connectivity index (χ3v) is 5.04. The molecule has 0 radical (unpaired) electrons. The van der Waals surface area contributed by atoms with Crippen molar-refractivity contribution in [1.29, 1.82) is 0 Å². The van der Waals surface area contributed by atoms with Crippen LogP contribution < -0.4 is 0 Å². The third kappa shape index (κ3) is 2.99. The number of fused-ring (bicyclic) bond motifs is 2. The van der Waals surface area contributed by atoms with Crippen molar-refractivity contribution < 1.29 is 29.3 Å². The van der Waals surface area contributed by atoms with Crippen LogP contribution in [0.15, 0.2) is 34.3 Å². The molecule has 0 aromatic rings. The first kappa shape index (κ1) is 17.7. The van der Waals surface area contributed by atoms with Gasteiger partial charge in [-0.15, -0.1) is 0 Å². The van der Waals surface area contributed by atoms with E-state index in [9.17, 15) is 19.8 Å². The van der Waals surface area contributed by atoms with Crippen molar-refractivity contribution in [1.82, 2.24) is 0 Å². The number of unbranched alkanes of at least 4 members (excludes halogenated alkanes) is 2. The van der Waals surface area contributed by atoms with Crippen LogP contribution in [0.1, 0.15) is 52.9 Å². The van der Waals surface area contributed by atoms with Crippen LogP contribution in [-0.4, -0.2) is 39.8 Å². The highest BCUT2D eigenvalue weighted by atomic mass is 16.5. The minimum absolute atomic E-state index is 0.0183. The maximum Gasteiger partial charge on any atom is 0.331 e. The van der Waals surface area contributed by atoms with E-state index in [1.165, 1.54) is 6.08 Å². The summed E-state index contributed by atoms with van der Waals surface area (Å²) in [6, 6.07) is 0. The Bertz CT molecular complexity index is 709. The standard InChI is InChI=1S/C19H24O6/c1-4-5-6-7-12-15-10(9-14(21)24-12)11-8-13(20)19(2,3)25-18(11)17(23)16(15)22/h9,12-13,20,22H,4-8H2,1-3H3/t12?,13-/m0/s1. The molecule has 6 heteroatoms. The van der Waals surface area contributed by atoms with Crippen molar-refractivity contribution in [3.05, 3.63) is 34.3 Å². The first-order valence-electron chi connectivity index (χ1n) is 8.77. The maximum absolute atomic E-state index is 12.6. The number of carbonyl (C=O) groups is 2. The van der Waals surface area contributed by atoms with E-state index >= 15 is 0 Å². The first-order valence-corrected chi connectivity index (χ1v) is 8.77. The quantitative estimate of drug-likeness (QED) is 0.599. The molecule has 136 valence electrons. The second-order valence-electron chi connectivity index (χ2n) is 7.30. The number of ether oxygens (including phenoxy) is 2. The molecule has 2 aliphatic heterocycles. The van der Waals surface area contributed by atoms with Gasteiger partial charge in [-0.05, 0) is 32.3 Å². The molecular formula is C19H24O6. The molecule has 1 aliphatic carbocycles. The lowest BCUT2D eigenvalue weighted by Crippen LogP contribution is -2.46. The number of hydrogen-bond acceptors (Lipinski definition) is 6. The lowest BCUT2D eigenvalue weighted by molar-refractivity contribution is -0.143. The van der Waals surface area contributed by atoms with E-state index in [4.69, 9.17) is 9.47 Å². The summed E-state index contributed by atoms with van der Waals surface area (Å²) < 4.78 is 11.0. The van der Waals surface area contributed by atoms with Crippen LogP contribution in [0.4, 0.5) is 0 Å². The van der Waals surface area contributed by atoms with Gasteiger partial charge >= 0.3 is 5.97 Å². The summed E-state index contributed by atoms with van der Waals surface area (Å²) in [5.41, 5.74) is 0.332. The van der Waals surface area contributed by atoms with E-state index in [1.807, 2.05) is 0 Å². The smallest absolute Gasteiger partial charge is 0.331 e. The highest BCUT2D eigenvalue weighted by Crippen LogP contribution is 2.45. The lowest BCUT2D eigenvalue weighted by Gasteiger charge is -2.41. The predicted molar refractivity (Wildman–Crippen MR) is 89.6 cm³/mol. The molecule has 2 atom stereocenters. The Labute approximate surface area is 146 Å². The van der Waals surface area contributed by atoms with E-state index in [0.29, 0.717) is 23.1 Å². The van der Waals surface area contributed by atoms with E-state index in [-0.39, 0.29) is 12.2 Å². The summed E-state index contributed by atoms with van der Waals surface area (Å²) >= 11 is 0. The third-order valence-electron chi connectivity index (χ3n) is 5.04. The van der Waals surface area contributed by atoms with Crippen molar-refractivity contribution in [3.63, 3.8) is 0 Å². The fourth-order valence-corrected chi connectivity index (χ4v) is 3.48. The van der Waals surface area contributed by atoms with Crippen molar-refractivity contribution in [2.45, 2.75) is 70.7 Å². The van der Waals surface area contributed by atoms with Gasteiger partial charge in [0.1, 0.15) is 11.7 Å². The highest BCUT2D eigenvalue weighted by Gasteiger charge is 2.47. The maximum atomic E-state index is 12.6. The first-order chi connectivity index (χ1) is 11.8. The Morgan fingerprint density at radius 3 is 2.68 bits per heavy atom. The normalized spacial score (nSPS) is 28.1. The van der Waals surface area contributed by atoms with Crippen LogP contribution in [0.25, 0.3) is 0 Å². The number of cyclic esters (lactones) is 1. The molecule has 2 heterocycles. The predicted octanol–water partition coefficient (Wildman–Crippen LogP) is 2.63. The lowest BCUT2D eigenvalue weighted by atomic mass is 9.77. The number of aliphatic hydroxyl groups excluding tert-OH is 2. The fourth-order valence-electron chi connectivity index (χ4n) is 3.48. The molecule has 0 aromatic heterocycles. The van der Waals surface area contributed by atoms with Gasteiger partial charge in [0.15, 0.2) is 11.5 Å². The van der Waals surface area contributed by atoms with Crippen LogP contribution in [-0.2, 0) is 19.1 Å². The number of aliphatic hydroxyl groups is 2. The van der Waals surface area contributed by atoms with Gasteiger partial charge in [0.2, 0.25) is 0 Å². The van der Waals surface area contributed by atoms with E-state index in [1.54, 1.807) is 13.8 Å². The van der Waals surface area contributed by atoms with Crippen LogP contribution in [0.2, 0.25) is 0 Å². The van der Waals surface area contributed by atoms with Gasteiger partial charge in [-0.1, -0.05) is 19.8 Å². The molecule has 1 unspecified atom stereocenters. The SMILES string of the molecule is CCCCCC1OC(=O)C=C2C3=C(OC(C)(C)[C@@H](O)C3)C(=O)C(O)=C21. The molecule has 0 saturated carbocycles. The summed E-state index contributed by atoms with van der Waals surface area (Å²) in [5.74, 6) is -1.52. The Morgan fingerprint density at radius 2 is 2.00 bits per heavy atom. The Morgan fingerprint density at radius 1 is 1.28 bits per heavy atom. The number of hydrogen-bond donors (Lipinski definition) is 2. The molecule has 0 saturated heterocycles. The van der Waals surface area contributed by atoms with E-state index < -0.39 is 35.3 Å². The van der Waals surface area contributed by atoms with Crippen LogP contribution in [0.3, 0.4) is 0 Å². The summed E-state index contributed by atoms with van der Waals surface area (Å²) in [5, 5.41) is 20.8. The largest absolute Gasteiger partial charge is 0.504 e. The zero-order chi connectivity index (χ0) is 18.4. The average Bonchev–Trinajstić information content (AvgIpc) is 2.54. The molecule has 25 heavy (non-hydrogen) atoms. The van der Waals surface area contributed by atoms with Crippen LogP contribution in [0.5, 0.6) is 0 Å². The molecule has 3 rings (SSSR count). The highest BCUT2D eigenvalue weighted by molar-refractivity contribution is 6.10. The topological polar surface area (TPSA) is 93.1 Å². The minimum atomic E-state index is -0.942. The van der Waals surface area contributed by atoms with Gasteiger partial charge in [-0.2, -0.15) is 0 Å². The van der Waals surface area contributed by atoms with Crippen LogP contribution in [0, 0.1) is 0 Å². The van der Waals surface area contributed by atoms with Gasteiger partial charge in [0, 0.05) is 23.6 Å². The molecule has 0 amide bonds. The second kappa shape index (κ2) is 6.33. The molecule has 0 spiro atoms. The van der Waals surface area contributed by atoms with Gasteiger partial charge in [-0.3, -0.25) is 4.79 Å². The van der Waals surface area contributed by atoms with Gasteiger partial charge in [0.25, 0.3) is 5.78 Å². The molecule has 6 nitrogen and oxygen atoms in total. The Kier molecular flexibility index (Phi) is 4.49. The number of esters is 1. The van der Waals surface area contributed by atoms with Crippen LogP contribution >= 0.6 is 0 Å². The van der Waals surface area contributed by atoms with Crippen molar-refractivity contribution in [2.24, 2.45) is 0 Å². The van der Waals surface area contributed by atoms with Crippen molar-refractivity contribution >= 4 is 11.8 Å².